The third kappa shape index (κ3) is 4.47. The second-order valence-corrected chi connectivity index (χ2v) is 4.55. The molecule has 1 N–H and O–H groups in total. The highest BCUT2D eigenvalue weighted by molar-refractivity contribution is 6.30. The molecular weight excluding hydrogens is 292 g/mol. The van der Waals surface area contributed by atoms with Crippen LogP contribution in [0.3, 0.4) is 0 Å². The van der Waals surface area contributed by atoms with E-state index >= 15 is 0 Å². The second kappa shape index (κ2) is 6.72. The van der Waals surface area contributed by atoms with Crippen molar-refractivity contribution >= 4 is 23.4 Å². The third-order valence-corrected chi connectivity index (χ3v) is 2.82. The van der Waals surface area contributed by atoms with Crippen LogP contribution in [-0.2, 0) is 4.79 Å². The van der Waals surface area contributed by atoms with Crippen molar-refractivity contribution in [1.29, 1.82) is 0 Å². The van der Waals surface area contributed by atoms with Gasteiger partial charge in [-0.05, 0) is 54.6 Å². The molecule has 106 valence electrons. The average molecular weight is 303 g/mol. The molecule has 0 unspecified atom stereocenters. The topological polar surface area (TPSA) is 63.6 Å². The zero-order valence-corrected chi connectivity index (χ0v) is 11.6. The highest BCUT2D eigenvalue weighted by Gasteiger charge is 2.03. The van der Waals surface area contributed by atoms with Crippen molar-refractivity contribution in [2.24, 2.45) is 0 Å². The van der Waals surface area contributed by atoms with E-state index in [1.807, 2.05) is 0 Å². The maximum absolute atomic E-state index is 11.7. The molecular formula is C16H11ClO4. The molecule has 0 atom stereocenters. The number of hydrogen-bond acceptors (Lipinski definition) is 3. The zero-order chi connectivity index (χ0) is 15.2. The lowest BCUT2D eigenvalue weighted by atomic mass is 10.1. The van der Waals surface area contributed by atoms with Crippen molar-refractivity contribution in [1.82, 2.24) is 0 Å². The van der Waals surface area contributed by atoms with Crippen LogP contribution in [0.15, 0.2) is 60.7 Å². The standard InChI is InChI=1S/C16H11ClO4/c17-12-3-7-14(8-4-12)21-13-5-1-11(2-6-13)15(18)9-10-16(19)20/h1-10H,(H,19,20). The number of aliphatic carboxylic acids is 1. The lowest BCUT2D eigenvalue weighted by molar-refractivity contribution is -0.131. The lowest BCUT2D eigenvalue weighted by Gasteiger charge is -2.06. The highest BCUT2D eigenvalue weighted by atomic mass is 35.5. The number of carboxylic acids is 1. The first-order chi connectivity index (χ1) is 10.0. The van der Waals surface area contributed by atoms with Crippen molar-refractivity contribution < 1.29 is 19.4 Å². The molecule has 0 saturated carbocycles. The van der Waals surface area contributed by atoms with Gasteiger partial charge in [-0.15, -0.1) is 0 Å². The molecule has 5 heteroatoms. The monoisotopic (exact) mass is 302 g/mol. The van der Waals surface area contributed by atoms with Gasteiger partial charge >= 0.3 is 5.97 Å². The molecule has 0 aliphatic rings. The molecule has 0 aliphatic heterocycles. The van der Waals surface area contributed by atoms with Crippen LogP contribution >= 0.6 is 11.6 Å². The van der Waals surface area contributed by atoms with Crippen molar-refractivity contribution in [3.05, 3.63) is 71.3 Å². The van der Waals surface area contributed by atoms with Crippen LogP contribution in [-0.4, -0.2) is 16.9 Å². The van der Waals surface area contributed by atoms with Gasteiger partial charge in [-0.1, -0.05) is 11.6 Å². The van der Waals surface area contributed by atoms with Crippen molar-refractivity contribution in [3.63, 3.8) is 0 Å². The summed E-state index contributed by atoms with van der Waals surface area (Å²) in [6.45, 7) is 0. The SMILES string of the molecule is O=C(O)C=CC(=O)c1ccc(Oc2ccc(Cl)cc2)cc1. The van der Waals surface area contributed by atoms with Crippen LogP contribution in [0.2, 0.25) is 5.02 Å². The molecule has 0 spiro atoms. The zero-order valence-electron chi connectivity index (χ0n) is 10.8. The van der Waals surface area contributed by atoms with E-state index in [1.165, 1.54) is 0 Å². The molecule has 2 rings (SSSR count). The van der Waals surface area contributed by atoms with Gasteiger partial charge in [0.15, 0.2) is 5.78 Å². The van der Waals surface area contributed by atoms with Crippen LogP contribution in [0.4, 0.5) is 0 Å². The van der Waals surface area contributed by atoms with Crippen LogP contribution < -0.4 is 4.74 Å². The first-order valence-corrected chi connectivity index (χ1v) is 6.41. The Hall–Kier alpha value is -2.59. The maximum Gasteiger partial charge on any atom is 0.328 e. The molecule has 0 amide bonds. The van der Waals surface area contributed by atoms with Crippen molar-refractivity contribution in [2.75, 3.05) is 0 Å². The normalized spacial score (nSPS) is 10.5. The van der Waals surface area contributed by atoms with Gasteiger partial charge in [0.2, 0.25) is 0 Å². The van der Waals surface area contributed by atoms with E-state index in [4.69, 9.17) is 21.4 Å². The van der Waals surface area contributed by atoms with Gasteiger partial charge in [0, 0.05) is 16.7 Å². The molecule has 0 fully saturated rings. The maximum atomic E-state index is 11.7. The van der Waals surface area contributed by atoms with Crippen LogP contribution in [0.25, 0.3) is 0 Å². The number of carbonyl (C=O) groups excluding carboxylic acids is 1. The second-order valence-electron chi connectivity index (χ2n) is 4.12. The van der Waals surface area contributed by atoms with Gasteiger partial charge in [-0.25, -0.2) is 4.79 Å². The minimum atomic E-state index is -1.16. The Kier molecular flexibility index (Phi) is 4.74. The molecule has 0 saturated heterocycles. The molecule has 2 aromatic rings. The number of rotatable bonds is 5. The fraction of sp³-hybridized carbons (Fsp3) is 0. The summed E-state index contributed by atoms with van der Waals surface area (Å²) in [6.07, 6.45) is 1.82. The first-order valence-electron chi connectivity index (χ1n) is 6.03. The van der Waals surface area contributed by atoms with Crippen LogP contribution in [0, 0.1) is 0 Å². The summed E-state index contributed by atoms with van der Waals surface area (Å²) in [6, 6.07) is 13.3. The molecule has 4 nitrogen and oxygen atoms in total. The van der Waals surface area contributed by atoms with E-state index < -0.39 is 5.97 Å². The van der Waals surface area contributed by atoms with Gasteiger partial charge in [-0.2, -0.15) is 0 Å². The minimum absolute atomic E-state index is 0.379. The van der Waals surface area contributed by atoms with Gasteiger partial charge in [0.05, 0.1) is 0 Å². The number of carboxylic acid groups (broad SMARTS) is 1. The number of carbonyl (C=O) groups is 2. The Morgan fingerprint density at radius 1 is 0.905 bits per heavy atom. The van der Waals surface area contributed by atoms with E-state index in [2.05, 4.69) is 0 Å². The average Bonchev–Trinajstić information content (AvgIpc) is 2.48. The molecule has 21 heavy (non-hydrogen) atoms. The number of halogens is 1. The summed E-state index contributed by atoms with van der Waals surface area (Å²) < 4.78 is 5.58. The summed E-state index contributed by atoms with van der Waals surface area (Å²) in [7, 11) is 0. The fourth-order valence-electron chi connectivity index (χ4n) is 1.57. The van der Waals surface area contributed by atoms with E-state index in [1.54, 1.807) is 48.5 Å². The third-order valence-electron chi connectivity index (χ3n) is 2.57. The summed E-state index contributed by atoms with van der Waals surface area (Å²) >= 11 is 5.78. The summed E-state index contributed by atoms with van der Waals surface area (Å²) in [5.41, 5.74) is 0.385. The smallest absolute Gasteiger partial charge is 0.328 e. The number of benzene rings is 2. The Morgan fingerprint density at radius 2 is 1.43 bits per heavy atom. The number of allylic oxidation sites excluding steroid dienone is 1. The predicted octanol–water partition coefficient (Wildman–Crippen LogP) is 3.96. The van der Waals surface area contributed by atoms with Crippen molar-refractivity contribution in [3.8, 4) is 11.5 Å². The molecule has 0 aromatic heterocycles. The van der Waals surface area contributed by atoms with Crippen molar-refractivity contribution in [2.45, 2.75) is 0 Å². The summed E-state index contributed by atoms with van der Waals surface area (Å²) in [5, 5.41) is 9.09. The Bertz CT molecular complexity index is 672. The molecule has 0 radical (unpaired) electrons. The summed E-state index contributed by atoms with van der Waals surface area (Å²) in [4.78, 5) is 22.0. The number of hydrogen-bond donors (Lipinski definition) is 1. The van der Waals surface area contributed by atoms with Gasteiger partial charge < -0.3 is 9.84 Å². The molecule has 0 aliphatic carbocycles. The Labute approximate surface area is 126 Å². The largest absolute Gasteiger partial charge is 0.478 e. The van der Waals surface area contributed by atoms with Crippen LogP contribution in [0.1, 0.15) is 10.4 Å². The molecule has 0 bridgehead atoms. The Balaban J connectivity index is 2.06. The van der Waals surface area contributed by atoms with Gasteiger partial charge in [-0.3, -0.25) is 4.79 Å². The van der Waals surface area contributed by atoms with E-state index in [9.17, 15) is 9.59 Å². The van der Waals surface area contributed by atoms with E-state index in [0.717, 1.165) is 12.2 Å². The predicted molar refractivity (Wildman–Crippen MR) is 79.1 cm³/mol. The van der Waals surface area contributed by atoms with E-state index in [-0.39, 0.29) is 5.78 Å². The fourth-order valence-corrected chi connectivity index (χ4v) is 1.70. The highest BCUT2D eigenvalue weighted by Crippen LogP contribution is 2.23. The molecule has 0 heterocycles. The Morgan fingerprint density at radius 3 is 1.95 bits per heavy atom. The quantitative estimate of drug-likeness (QED) is 0.671. The van der Waals surface area contributed by atoms with Crippen LogP contribution in [0.5, 0.6) is 11.5 Å². The number of ketones is 1. The molecule has 2 aromatic carbocycles. The lowest BCUT2D eigenvalue weighted by Crippen LogP contribution is -1.96. The first kappa shape index (κ1) is 14.8. The van der Waals surface area contributed by atoms with Gasteiger partial charge in [0.25, 0.3) is 0 Å². The summed E-state index contributed by atoms with van der Waals surface area (Å²) in [5.74, 6) is -0.346. The number of ether oxygens (including phenoxy) is 1. The van der Waals surface area contributed by atoms with Gasteiger partial charge in [0.1, 0.15) is 11.5 Å². The van der Waals surface area contributed by atoms with E-state index in [0.29, 0.717) is 22.1 Å². The minimum Gasteiger partial charge on any atom is -0.478 e.